The number of hydrogen-bond acceptors (Lipinski definition) is 4. The Bertz CT molecular complexity index is 929. The van der Waals surface area contributed by atoms with E-state index in [-0.39, 0.29) is 11.6 Å². The molecule has 2 N–H and O–H groups in total. The molecule has 0 aliphatic heterocycles. The van der Waals surface area contributed by atoms with E-state index in [0.29, 0.717) is 18.5 Å². The lowest BCUT2D eigenvalue weighted by atomic mass is 10.1. The smallest absolute Gasteiger partial charge is 0.341 e. The maximum absolute atomic E-state index is 12.5. The minimum absolute atomic E-state index is 0.0198. The molecule has 2 aromatic rings. The number of amides is 1. The summed E-state index contributed by atoms with van der Waals surface area (Å²) in [7, 11) is 0. The number of carboxylic acid groups (broad SMARTS) is 1. The van der Waals surface area contributed by atoms with Crippen LogP contribution in [-0.2, 0) is 9.59 Å². The lowest BCUT2D eigenvalue weighted by Crippen LogP contribution is -2.27. The van der Waals surface area contributed by atoms with Gasteiger partial charge >= 0.3 is 5.97 Å². The number of hydrogen-bond donors (Lipinski definition) is 2. The maximum atomic E-state index is 12.5. The highest BCUT2D eigenvalue weighted by Crippen LogP contribution is 2.30. The number of nitriles is 1. The van der Waals surface area contributed by atoms with Crippen molar-refractivity contribution in [2.75, 3.05) is 6.61 Å². The number of carbonyl (C=O) groups excluding carboxylic acids is 1. The topological polar surface area (TPSA) is 99.4 Å². The monoisotopic (exact) mass is 602 g/mol. The SMILES string of the molecule is C[C@@H](NC(=O)/C(C#N)=C\c1cc(I)c(OCC(=O)O)c(I)c1)c1ccccc1. The molecule has 1 atom stereocenters. The molecule has 0 unspecified atom stereocenters. The van der Waals surface area contributed by atoms with Gasteiger partial charge in [0.25, 0.3) is 5.91 Å². The van der Waals surface area contributed by atoms with Crippen LogP contribution in [0.25, 0.3) is 6.08 Å². The van der Waals surface area contributed by atoms with E-state index in [2.05, 4.69) is 5.32 Å². The third kappa shape index (κ3) is 6.20. The third-order valence-corrected chi connectivity index (χ3v) is 5.29. The number of benzene rings is 2. The molecule has 144 valence electrons. The van der Waals surface area contributed by atoms with Crippen molar-refractivity contribution in [1.82, 2.24) is 5.32 Å². The molecule has 0 spiro atoms. The first-order chi connectivity index (χ1) is 13.3. The molecule has 0 aliphatic carbocycles. The summed E-state index contributed by atoms with van der Waals surface area (Å²) in [5.41, 5.74) is 1.57. The average Bonchev–Trinajstić information content (AvgIpc) is 2.65. The number of rotatable bonds is 7. The Balaban J connectivity index is 2.20. The van der Waals surface area contributed by atoms with E-state index in [4.69, 9.17) is 9.84 Å². The van der Waals surface area contributed by atoms with E-state index in [1.807, 2.05) is 88.5 Å². The summed E-state index contributed by atoms with van der Waals surface area (Å²) >= 11 is 4.05. The molecule has 0 saturated carbocycles. The Labute approximate surface area is 189 Å². The van der Waals surface area contributed by atoms with Crippen molar-refractivity contribution in [3.8, 4) is 11.8 Å². The van der Waals surface area contributed by atoms with Crippen LogP contribution in [0.2, 0.25) is 0 Å². The highest BCUT2D eigenvalue weighted by atomic mass is 127. The van der Waals surface area contributed by atoms with Crippen molar-refractivity contribution in [3.05, 3.63) is 66.3 Å². The fraction of sp³-hybridized carbons (Fsp3) is 0.150. The lowest BCUT2D eigenvalue weighted by Gasteiger charge is -2.14. The van der Waals surface area contributed by atoms with Crippen LogP contribution in [0.15, 0.2) is 48.0 Å². The first-order valence-corrected chi connectivity index (χ1v) is 10.3. The second kappa shape index (κ2) is 10.4. The summed E-state index contributed by atoms with van der Waals surface area (Å²) in [4.78, 5) is 23.2. The van der Waals surface area contributed by atoms with E-state index >= 15 is 0 Å². The summed E-state index contributed by atoms with van der Waals surface area (Å²) in [5, 5.41) is 21.0. The normalized spacial score (nSPS) is 12.0. The molecule has 0 aliphatic rings. The molecular weight excluding hydrogens is 586 g/mol. The fourth-order valence-corrected chi connectivity index (χ4v) is 4.48. The molecule has 2 rings (SSSR count). The highest BCUT2D eigenvalue weighted by Gasteiger charge is 2.15. The van der Waals surface area contributed by atoms with Crippen molar-refractivity contribution in [3.63, 3.8) is 0 Å². The number of nitrogens with zero attached hydrogens (tertiary/aromatic N) is 1. The van der Waals surface area contributed by atoms with Gasteiger partial charge in [0.15, 0.2) is 6.61 Å². The zero-order valence-electron chi connectivity index (χ0n) is 14.8. The average molecular weight is 602 g/mol. The quantitative estimate of drug-likeness (QED) is 0.282. The Kier molecular flexibility index (Phi) is 8.25. The molecule has 0 bridgehead atoms. The molecule has 0 saturated heterocycles. The molecule has 6 nitrogen and oxygen atoms in total. The molecule has 2 aromatic carbocycles. The number of aliphatic carboxylic acids is 1. The molecule has 28 heavy (non-hydrogen) atoms. The predicted molar refractivity (Wildman–Crippen MR) is 122 cm³/mol. The van der Waals surface area contributed by atoms with Gasteiger partial charge < -0.3 is 15.2 Å². The van der Waals surface area contributed by atoms with Crippen LogP contribution < -0.4 is 10.1 Å². The van der Waals surface area contributed by atoms with E-state index in [1.165, 1.54) is 6.08 Å². The molecular formula is C20H16I2N2O4. The number of carboxylic acids is 1. The van der Waals surface area contributed by atoms with Crippen LogP contribution in [0.3, 0.4) is 0 Å². The Hall–Kier alpha value is -2.13. The van der Waals surface area contributed by atoms with Gasteiger partial charge in [-0.1, -0.05) is 30.3 Å². The standard InChI is InChI=1S/C20H16I2N2O4/c1-12(14-5-3-2-4-6-14)24-20(27)15(10-23)7-13-8-16(21)19(17(22)9-13)28-11-18(25)26/h2-9,12H,11H2,1H3,(H,24,27)(H,25,26)/b15-7-/t12-/m1/s1. The first-order valence-electron chi connectivity index (χ1n) is 8.13. The number of nitrogens with one attached hydrogen (secondary N) is 1. The van der Waals surface area contributed by atoms with E-state index in [0.717, 1.165) is 5.56 Å². The number of halogens is 2. The Morgan fingerprint density at radius 3 is 2.39 bits per heavy atom. The van der Waals surface area contributed by atoms with Crippen molar-refractivity contribution >= 4 is 63.1 Å². The van der Waals surface area contributed by atoms with Gasteiger partial charge in [-0.25, -0.2) is 4.79 Å². The van der Waals surface area contributed by atoms with Crippen LogP contribution >= 0.6 is 45.2 Å². The zero-order chi connectivity index (χ0) is 20.7. The first kappa shape index (κ1) is 22.2. The van der Waals surface area contributed by atoms with Gasteiger partial charge in [-0.3, -0.25) is 4.79 Å². The summed E-state index contributed by atoms with van der Waals surface area (Å²) in [5.74, 6) is -1.07. The van der Waals surface area contributed by atoms with Crippen molar-refractivity contribution in [1.29, 1.82) is 5.26 Å². The Morgan fingerprint density at radius 2 is 1.86 bits per heavy atom. The van der Waals surface area contributed by atoms with E-state index in [1.54, 1.807) is 12.1 Å². The third-order valence-electron chi connectivity index (χ3n) is 3.68. The fourth-order valence-electron chi connectivity index (χ4n) is 2.35. The van der Waals surface area contributed by atoms with Crippen LogP contribution in [-0.4, -0.2) is 23.6 Å². The largest absolute Gasteiger partial charge is 0.480 e. The van der Waals surface area contributed by atoms with Crippen LogP contribution in [0.1, 0.15) is 24.1 Å². The van der Waals surface area contributed by atoms with Gasteiger partial charge in [0.2, 0.25) is 0 Å². The minimum atomic E-state index is -1.06. The van der Waals surface area contributed by atoms with Gasteiger partial charge in [0, 0.05) is 0 Å². The number of ether oxygens (including phenoxy) is 1. The maximum Gasteiger partial charge on any atom is 0.341 e. The summed E-state index contributed by atoms with van der Waals surface area (Å²) in [6.07, 6.45) is 1.50. The van der Waals surface area contributed by atoms with Gasteiger partial charge in [-0.2, -0.15) is 5.26 Å². The molecule has 0 heterocycles. The van der Waals surface area contributed by atoms with Crippen LogP contribution in [0.4, 0.5) is 0 Å². The van der Waals surface area contributed by atoms with Gasteiger partial charge in [0.1, 0.15) is 17.4 Å². The molecule has 0 aromatic heterocycles. The number of carbonyl (C=O) groups is 2. The predicted octanol–water partition coefficient (Wildman–Crippen LogP) is 4.14. The van der Waals surface area contributed by atoms with E-state index in [9.17, 15) is 14.9 Å². The zero-order valence-corrected chi connectivity index (χ0v) is 19.1. The second-order valence-corrected chi connectivity index (χ2v) is 8.10. The Morgan fingerprint density at radius 1 is 1.25 bits per heavy atom. The van der Waals surface area contributed by atoms with Crippen LogP contribution in [0.5, 0.6) is 5.75 Å². The van der Waals surface area contributed by atoms with Crippen molar-refractivity contribution in [2.45, 2.75) is 13.0 Å². The summed E-state index contributed by atoms with van der Waals surface area (Å²) in [6.45, 7) is 1.41. The van der Waals surface area contributed by atoms with Crippen LogP contribution in [0, 0.1) is 18.5 Å². The molecule has 8 heteroatoms. The van der Waals surface area contributed by atoms with Gasteiger partial charge in [-0.05, 0) is 81.4 Å². The summed E-state index contributed by atoms with van der Waals surface area (Å²) < 4.78 is 6.66. The van der Waals surface area contributed by atoms with Gasteiger partial charge in [0.05, 0.1) is 13.2 Å². The molecule has 0 radical (unpaired) electrons. The lowest BCUT2D eigenvalue weighted by molar-refractivity contribution is -0.139. The highest BCUT2D eigenvalue weighted by molar-refractivity contribution is 14.1. The molecule has 0 fully saturated rings. The van der Waals surface area contributed by atoms with Crippen molar-refractivity contribution < 1.29 is 19.4 Å². The minimum Gasteiger partial charge on any atom is -0.480 e. The molecule has 1 amide bonds. The summed E-state index contributed by atoms with van der Waals surface area (Å²) in [6, 6.07) is 14.6. The van der Waals surface area contributed by atoms with Crippen molar-refractivity contribution in [2.24, 2.45) is 0 Å². The van der Waals surface area contributed by atoms with Gasteiger partial charge in [-0.15, -0.1) is 0 Å². The van der Waals surface area contributed by atoms with E-state index < -0.39 is 18.5 Å². The second-order valence-electron chi connectivity index (χ2n) is 5.77.